The van der Waals surface area contributed by atoms with Gasteiger partial charge in [0.2, 0.25) is 0 Å². The van der Waals surface area contributed by atoms with Crippen LogP contribution < -0.4 is 4.74 Å². The summed E-state index contributed by atoms with van der Waals surface area (Å²) in [6.07, 6.45) is -1.82. The molecule has 0 aromatic heterocycles. The fourth-order valence-corrected chi connectivity index (χ4v) is 0.914. The molecule has 0 saturated carbocycles. The molecule has 0 heterocycles. The second-order valence-corrected chi connectivity index (χ2v) is 2.87. The maximum Gasteiger partial charge on any atom is 0.119 e. The zero-order valence-electron chi connectivity index (χ0n) is 11.7. The fraction of sp³-hybridized carbons (Fsp3) is 0.333. The molecule has 0 aliphatic carbocycles. The molecule has 60 valence electrons. The van der Waals surface area contributed by atoms with Crippen LogP contribution >= 0.6 is 15.9 Å². The van der Waals surface area contributed by atoms with Gasteiger partial charge in [0, 0.05) is 12.7 Å². The molecule has 0 N–H and O–H groups in total. The van der Waals surface area contributed by atoms with Crippen molar-refractivity contribution >= 4 is 15.9 Å². The van der Waals surface area contributed by atoms with E-state index in [4.69, 9.17) is 13.0 Å². The standard InChI is InChI=1S/C9H11BrO/c1-7(2)11-9-5-3-8(10)4-6-9/h3-7H,1-2H3/i1D3,2D3. The van der Waals surface area contributed by atoms with Gasteiger partial charge in [-0.05, 0) is 38.0 Å². The quantitative estimate of drug-likeness (QED) is 0.744. The highest BCUT2D eigenvalue weighted by atomic mass is 79.9. The van der Waals surface area contributed by atoms with Crippen LogP contribution in [0.4, 0.5) is 0 Å². The van der Waals surface area contributed by atoms with E-state index >= 15 is 0 Å². The average molecular weight is 221 g/mol. The molecule has 1 rings (SSSR count). The molecule has 0 bridgehead atoms. The molecule has 1 aromatic rings. The molecule has 1 nitrogen and oxygen atoms in total. The molecule has 0 fully saturated rings. The number of halogens is 1. The minimum Gasteiger partial charge on any atom is -0.491 e. The van der Waals surface area contributed by atoms with Crippen molar-refractivity contribution in [2.75, 3.05) is 0 Å². The molecule has 0 saturated heterocycles. The normalized spacial score (nSPS) is 20.5. The Hall–Kier alpha value is -0.500. The van der Waals surface area contributed by atoms with E-state index in [2.05, 4.69) is 15.9 Å². The van der Waals surface area contributed by atoms with Gasteiger partial charge in [0.15, 0.2) is 0 Å². The molecule has 2 heteroatoms. The first kappa shape index (κ1) is 3.48. The molecule has 0 unspecified atom stereocenters. The summed E-state index contributed by atoms with van der Waals surface area (Å²) in [6.45, 7) is -5.39. The van der Waals surface area contributed by atoms with Crippen molar-refractivity contribution in [1.29, 1.82) is 0 Å². The maximum absolute atomic E-state index is 7.18. The number of hydrogen-bond acceptors (Lipinski definition) is 1. The summed E-state index contributed by atoms with van der Waals surface area (Å²) >= 11 is 3.21. The van der Waals surface area contributed by atoms with Crippen LogP contribution in [0.3, 0.4) is 0 Å². The van der Waals surface area contributed by atoms with Crippen molar-refractivity contribution in [2.24, 2.45) is 0 Å². The van der Waals surface area contributed by atoms with E-state index < -0.39 is 19.8 Å². The van der Waals surface area contributed by atoms with Crippen LogP contribution in [0, 0.1) is 0 Å². The van der Waals surface area contributed by atoms with Gasteiger partial charge in [0.1, 0.15) is 5.75 Å². The van der Waals surface area contributed by atoms with Crippen LogP contribution in [0.2, 0.25) is 0 Å². The number of benzene rings is 1. The van der Waals surface area contributed by atoms with E-state index in [9.17, 15) is 0 Å². The SMILES string of the molecule is [2H]C([2H])([2H])C(Oc1ccc(Br)cc1)C([2H])([2H])[2H]. The van der Waals surface area contributed by atoms with Gasteiger partial charge in [-0.1, -0.05) is 15.9 Å². The van der Waals surface area contributed by atoms with Crippen molar-refractivity contribution in [3.05, 3.63) is 28.7 Å². The Morgan fingerprint density at radius 3 is 2.55 bits per heavy atom. The minimum atomic E-state index is -2.70. The molecule has 0 atom stereocenters. The summed E-state index contributed by atoms with van der Waals surface area (Å²) < 4.78 is 48.9. The predicted molar refractivity (Wildman–Crippen MR) is 49.9 cm³/mol. The Kier molecular flexibility index (Phi) is 1.19. The number of hydrogen-bond donors (Lipinski definition) is 0. The summed E-state index contributed by atoms with van der Waals surface area (Å²) in [7, 11) is 0. The summed E-state index contributed by atoms with van der Waals surface area (Å²) in [6, 6.07) is 6.31. The van der Waals surface area contributed by atoms with Crippen LogP contribution in [0.15, 0.2) is 28.7 Å². The van der Waals surface area contributed by atoms with E-state index in [1.54, 1.807) is 12.1 Å². The van der Waals surface area contributed by atoms with Crippen LogP contribution in [-0.4, -0.2) is 6.10 Å². The Labute approximate surface area is 83.9 Å². The van der Waals surface area contributed by atoms with Crippen molar-refractivity contribution in [3.8, 4) is 5.75 Å². The minimum absolute atomic E-state index is 0.213. The first-order chi connectivity index (χ1) is 7.60. The highest BCUT2D eigenvalue weighted by molar-refractivity contribution is 9.10. The topological polar surface area (TPSA) is 9.23 Å². The molecule has 0 amide bonds. The molecule has 0 aliphatic rings. The second kappa shape index (κ2) is 3.77. The van der Waals surface area contributed by atoms with Gasteiger partial charge in [0.25, 0.3) is 0 Å². The third-order valence-corrected chi connectivity index (χ3v) is 1.60. The van der Waals surface area contributed by atoms with Gasteiger partial charge in [0.05, 0.1) is 6.10 Å². The third-order valence-electron chi connectivity index (χ3n) is 1.07. The first-order valence-corrected chi connectivity index (χ1v) is 3.82. The monoisotopic (exact) mass is 220 g/mol. The maximum atomic E-state index is 7.18. The molecule has 11 heavy (non-hydrogen) atoms. The molecule has 0 aliphatic heterocycles. The van der Waals surface area contributed by atoms with E-state index in [0.717, 1.165) is 4.47 Å². The summed E-state index contributed by atoms with van der Waals surface area (Å²) in [5.41, 5.74) is 0. The third kappa shape index (κ3) is 2.93. The Morgan fingerprint density at radius 2 is 2.00 bits per heavy atom. The lowest BCUT2D eigenvalue weighted by Crippen LogP contribution is -2.04. The van der Waals surface area contributed by atoms with Crippen molar-refractivity contribution in [1.82, 2.24) is 0 Å². The number of rotatable bonds is 2. The molecular weight excluding hydrogens is 204 g/mol. The smallest absolute Gasteiger partial charge is 0.119 e. The predicted octanol–water partition coefficient (Wildman–Crippen LogP) is 3.24. The fourth-order valence-electron chi connectivity index (χ4n) is 0.649. The van der Waals surface area contributed by atoms with Crippen molar-refractivity contribution in [3.63, 3.8) is 0 Å². The zero-order valence-corrected chi connectivity index (χ0v) is 7.26. The molecule has 0 radical (unpaired) electrons. The lowest BCUT2D eigenvalue weighted by molar-refractivity contribution is 0.242. The van der Waals surface area contributed by atoms with E-state index in [1.807, 2.05) is 0 Å². The Bertz CT molecular complexity index is 355. The highest BCUT2D eigenvalue weighted by Crippen LogP contribution is 2.16. The van der Waals surface area contributed by atoms with Crippen LogP contribution in [-0.2, 0) is 0 Å². The average Bonchev–Trinajstić information content (AvgIpc) is 2.13. The van der Waals surface area contributed by atoms with Crippen LogP contribution in [0.25, 0.3) is 0 Å². The summed E-state index contributed by atoms with van der Waals surface area (Å²) in [5, 5.41) is 0. The van der Waals surface area contributed by atoms with E-state index in [-0.39, 0.29) is 5.75 Å². The van der Waals surface area contributed by atoms with Crippen LogP contribution in [0.1, 0.15) is 21.9 Å². The lowest BCUT2D eigenvalue weighted by atomic mass is 10.3. The second-order valence-electron chi connectivity index (χ2n) is 1.95. The van der Waals surface area contributed by atoms with Gasteiger partial charge in [-0.3, -0.25) is 0 Å². The largest absolute Gasteiger partial charge is 0.491 e. The molecule has 0 spiro atoms. The first-order valence-electron chi connectivity index (χ1n) is 6.03. The van der Waals surface area contributed by atoms with Gasteiger partial charge in [-0.15, -0.1) is 0 Å². The zero-order chi connectivity index (χ0) is 13.3. The Balaban J connectivity index is 2.92. The van der Waals surface area contributed by atoms with Gasteiger partial charge >= 0.3 is 0 Å². The van der Waals surface area contributed by atoms with Crippen LogP contribution in [0.5, 0.6) is 5.75 Å². The summed E-state index contributed by atoms with van der Waals surface area (Å²) in [5.74, 6) is 0.213. The summed E-state index contributed by atoms with van der Waals surface area (Å²) in [4.78, 5) is 0. The van der Waals surface area contributed by atoms with E-state index in [1.165, 1.54) is 12.1 Å². The lowest BCUT2D eigenvalue weighted by Gasteiger charge is -2.08. The van der Waals surface area contributed by atoms with Gasteiger partial charge in [-0.2, -0.15) is 0 Å². The van der Waals surface area contributed by atoms with Gasteiger partial charge < -0.3 is 4.74 Å². The van der Waals surface area contributed by atoms with Crippen molar-refractivity contribution in [2.45, 2.75) is 19.8 Å². The van der Waals surface area contributed by atoms with Gasteiger partial charge in [-0.25, -0.2) is 0 Å². The highest BCUT2D eigenvalue weighted by Gasteiger charge is 1.95. The molecule has 1 aromatic carbocycles. The van der Waals surface area contributed by atoms with Crippen molar-refractivity contribution < 1.29 is 13.0 Å². The van der Waals surface area contributed by atoms with E-state index in [0.29, 0.717) is 0 Å². The Morgan fingerprint density at radius 1 is 1.36 bits per heavy atom. The number of ether oxygens (including phenoxy) is 1. The molecular formula is C9H11BrO.